The minimum absolute atomic E-state index is 0.0706. The first kappa shape index (κ1) is 19.2. The molecule has 0 spiro atoms. The predicted molar refractivity (Wildman–Crippen MR) is 109 cm³/mol. The Morgan fingerprint density at radius 2 is 1.57 bits per heavy atom. The Balaban J connectivity index is 1.67. The molecule has 0 amide bonds. The molecule has 2 heterocycles. The van der Waals surface area contributed by atoms with Crippen LogP contribution in [0.5, 0.6) is 0 Å². The van der Waals surface area contributed by atoms with Gasteiger partial charge in [0.1, 0.15) is 0 Å². The van der Waals surface area contributed by atoms with Gasteiger partial charge >= 0.3 is 0 Å². The summed E-state index contributed by atoms with van der Waals surface area (Å²) in [5, 5.41) is 0.699. The van der Waals surface area contributed by atoms with Crippen molar-refractivity contribution in [1.82, 2.24) is 8.28 Å². The zero-order chi connectivity index (χ0) is 19.9. The van der Waals surface area contributed by atoms with E-state index in [9.17, 15) is 16.8 Å². The molecule has 0 N–H and O–H groups in total. The van der Waals surface area contributed by atoms with Gasteiger partial charge in [-0.15, -0.1) is 0 Å². The fraction of sp³-hybridized carbons (Fsp3) is 0.300. The lowest BCUT2D eigenvalue weighted by molar-refractivity contribution is 0.476. The molecule has 0 aliphatic carbocycles. The van der Waals surface area contributed by atoms with E-state index in [1.807, 2.05) is 6.92 Å². The zero-order valence-electron chi connectivity index (χ0n) is 15.6. The van der Waals surface area contributed by atoms with E-state index in [0.29, 0.717) is 29.6 Å². The quantitative estimate of drug-likeness (QED) is 0.638. The van der Waals surface area contributed by atoms with Crippen LogP contribution >= 0.6 is 0 Å². The molecule has 6 nitrogen and oxygen atoms in total. The van der Waals surface area contributed by atoms with Crippen molar-refractivity contribution in [2.24, 2.45) is 0 Å². The summed E-state index contributed by atoms with van der Waals surface area (Å²) in [6.45, 7) is 3.06. The molecule has 0 atom stereocenters. The number of sulfonamides is 1. The predicted octanol–water partition coefficient (Wildman–Crippen LogP) is 3.11. The molecule has 3 aromatic rings. The van der Waals surface area contributed by atoms with Gasteiger partial charge in [0.2, 0.25) is 10.0 Å². The van der Waals surface area contributed by atoms with Crippen LogP contribution < -0.4 is 0 Å². The second-order valence-corrected chi connectivity index (χ2v) is 11.0. The molecule has 28 heavy (non-hydrogen) atoms. The highest BCUT2D eigenvalue weighted by molar-refractivity contribution is 7.90. The topological polar surface area (TPSA) is 76.5 Å². The normalized spacial score (nSPS) is 16.0. The summed E-state index contributed by atoms with van der Waals surface area (Å²) >= 11 is 0. The molecule has 1 aromatic heterocycles. The summed E-state index contributed by atoms with van der Waals surface area (Å²) < 4.78 is 53.8. The summed E-state index contributed by atoms with van der Waals surface area (Å²) in [6.07, 6.45) is 3.31. The molecule has 1 aliphatic heterocycles. The molecule has 2 aromatic carbocycles. The van der Waals surface area contributed by atoms with Crippen LogP contribution in [0.15, 0.2) is 59.6 Å². The first-order valence-corrected chi connectivity index (χ1v) is 12.2. The van der Waals surface area contributed by atoms with E-state index in [1.165, 1.54) is 14.5 Å². The number of rotatable bonds is 5. The summed E-state index contributed by atoms with van der Waals surface area (Å²) in [5.74, 6) is -0.0706. The highest BCUT2D eigenvalue weighted by Gasteiger charge is 2.26. The molecule has 1 saturated heterocycles. The maximum Gasteiger partial charge on any atom is 0.268 e. The number of benzene rings is 2. The van der Waals surface area contributed by atoms with E-state index in [0.717, 1.165) is 18.4 Å². The largest absolute Gasteiger partial charge is 0.268 e. The van der Waals surface area contributed by atoms with Crippen LogP contribution in [0.4, 0.5) is 0 Å². The van der Waals surface area contributed by atoms with E-state index in [-0.39, 0.29) is 10.6 Å². The first-order chi connectivity index (χ1) is 13.3. The van der Waals surface area contributed by atoms with E-state index < -0.39 is 20.0 Å². The van der Waals surface area contributed by atoms with Gasteiger partial charge in [-0.2, -0.15) is 0 Å². The number of fused-ring (bicyclic) bond motifs is 1. The van der Waals surface area contributed by atoms with Crippen molar-refractivity contribution in [3.8, 4) is 0 Å². The second kappa shape index (κ2) is 7.02. The van der Waals surface area contributed by atoms with Crippen LogP contribution in [0, 0.1) is 6.92 Å². The fourth-order valence-corrected chi connectivity index (χ4v) is 6.51. The Morgan fingerprint density at radius 3 is 2.25 bits per heavy atom. The number of hydrogen-bond acceptors (Lipinski definition) is 4. The molecule has 148 valence electrons. The SMILES string of the molecule is Cc1ccc(S(=O)(=O)n2ccc3cc(CS(=O)(=O)N4CCCC4)ccc32)cc1. The molecule has 0 bridgehead atoms. The highest BCUT2D eigenvalue weighted by Crippen LogP contribution is 2.25. The highest BCUT2D eigenvalue weighted by atomic mass is 32.2. The van der Waals surface area contributed by atoms with E-state index in [1.54, 1.807) is 48.5 Å². The summed E-state index contributed by atoms with van der Waals surface area (Å²) in [5.41, 5.74) is 2.17. The van der Waals surface area contributed by atoms with Crippen molar-refractivity contribution < 1.29 is 16.8 Å². The standard InChI is InChI=1S/C20H22N2O4S2/c1-16-4-7-19(8-5-16)28(25,26)22-13-10-18-14-17(6-9-20(18)22)15-27(23,24)21-11-2-3-12-21/h4-10,13-14H,2-3,11-12,15H2,1H3. The van der Waals surface area contributed by atoms with Crippen molar-refractivity contribution in [3.63, 3.8) is 0 Å². The number of nitrogens with zero attached hydrogens (tertiary/aromatic N) is 2. The number of aromatic nitrogens is 1. The van der Waals surface area contributed by atoms with Crippen LogP contribution in [-0.4, -0.2) is 38.2 Å². The van der Waals surface area contributed by atoms with Crippen LogP contribution in [0.3, 0.4) is 0 Å². The van der Waals surface area contributed by atoms with Gasteiger partial charge < -0.3 is 0 Å². The number of hydrogen-bond donors (Lipinski definition) is 0. The average molecular weight is 419 g/mol. The average Bonchev–Trinajstić information content (AvgIpc) is 3.32. The molecule has 1 aliphatic rings. The van der Waals surface area contributed by atoms with Gasteiger partial charge in [-0.05, 0) is 55.7 Å². The Bertz CT molecular complexity index is 1220. The molecule has 0 unspecified atom stereocenters. The van der Waals surface area contributed by atoms with Crippen molar-refractivity contribution in [2.75, 3.05) is 13.1 Å². The van der Waals surface area contributed by atoms with Gasteiger partial charge in [0.25, 0.3) is 10.0 Å². The Kier molecular flexibility index (Phi) is 4.81. The molecule has 4 rings (SSSR count). The maximum atomic E-state index is 13.0. The smallest absolute Gasteiger partial charge is 0.241 e. The lowest BCUT2D eigenvalue weighted by atomic mass is 10.2. The van der Waals surface area contributed by atoms with Crippen LogP contribution in [0.1, 0.15) is 24.0 Å². The lowest BCUT2D eigenvalue weighted by Gasteiger charge is -2.15. The summed E-state index contributed by atoms with van der Waals surface area (Å²) in [7, 11) is -7.05. The van der Waals surface area contributed by atoms with Gasteiger partial charge in [-0.3, -0.25) is 0 Å². The third-order valence-corrected chi connectivity index (χ3v) is 8.66. The van der Waals surface area contributed by atoms with Crippen molar-refractivity contribution in [1.29, 1.82) is 0 Å². The molecular weight excluding hydrogens is 396 g/mol. The minimum atomic E-state index is -3.71. The van der Waals surface area contributed by atoms with Crippen LogP contribution in [0.2, 0.25) is 0 Å². The number of aryl methyl sites for hydroxylation is 1. The van der Waals surface area contributed by atoms with E-state index in [4.69, 9.17) is 0 Å². The Labute approximate surface area is 165 Å². The van der Waals surface area contributed by atoms with Gasteiger partial charge in [0.15, 0.2) is 0 Å². The van der Waals surface area contributed by atoms with Gasteiger partial charge in [0, 0.05) is 24.7 Å². The first-order valence-electron chi connectivity index (χ1n) is 9.17. The molecule has 8 heteroatoms. The van der Waals surface area contributed by atoms with Gasteiger partial charge in [-0.1, -0.05) is 23.8 Å². The van der Waals surface area contributed by atoms with Crippen LogP contribution in [-0.2, 0) is 25.8 Å². The lowest BCUT2D eigenvalue weighted by Crippen LogP contribution is -2.29. The Hall–Kier alpha value is -2.16. The van der Waals surface area contributed by atoms with Gasteiger partial charge in [0.05, 0.1) is 16.2 Å². The van der Waals surface area contributed by atoms with Gasteiger partial charge in [-0.25, -0.2) is 25.1 Å². The van der Waals surface area contributed by atoms with Crippen molar-refractivity contribution in [2.45, 2.75) is 30.4 Å². The third kappa shape index (κ3) is 3.47. The molecular formula is C20H22N2O4S2. The monoisotopic (exact) mass is 418 g/mol. The second-order valence-electron chi connectivity index (χ2n) is 7.19. The van der Waals surface area contributed by atoms with Crippen LogP contribution in [0.25, 0.3) is 10.9 Å². The minimum Gasteiger partial charge on any atom is -0.241 e. The third-order valence-electron chi connectivity index (χ3n) is 5.10. The van der Waals surface area contributed by atoms with E-state index >= 15 is 0 Å². The Morgan fingerprint density at radius 1 is 0.893 bits per heavy atom. The summed E-state index contributed by atoms with van der Waals surface area (Å²) in [6, 6.07) is 13.5. The zero-order valence-corrected chi connectivity index (χ0v) is 17.2. The molecule has 1 fully saturated rings. The maximum absolute atomic E-state index is 13.0. The van der Waals surface area contributed by atoms with E-state index in [2.05, 4.69) is 0 Å². The molecule has 0 saturated carbocycles. The molecule has 0 radical (unpaired) electrons. The summed E-state index contributed by atoms with van der Waals surface area (Å²) in [4.78, 5) is 0.219. The van der Waals surface area contributed by atoms with Crippen molar-refractivity contribution in [3.05, 3.63) is 65.9 Å². The van der Waals surface area contributed by atoms with Crippen molar-refractivity contribution >= 4 is 30.9 Å². The fourth-order valence-electron chi connectivity index (χ4n) is 3.56.